The number of benzene rings is 2. The molecule has 1 heterocycles. The van der Waals surface area contributed by atoms with Crippen LogP contribution in [0.4, 0.5) is 5.69 Å². The van der Waals surface area contributed by atoms with Crippen LogP contribution in [0.2, 0.25) is 0 Å². The first-order chi connectivity index (χ1) is 11.3. The summed E-state index contributed by atoms with van der Waals surface area (Å²) in [5.41, 5.74) is 4.11. The Labute approximate surface area is 143 Å². The maximum atomic E-state index is 11.9. The first-order valence-electron chi connectivity index (χ1n) is 8.51. The Hall–Kier alpha value is -2.29. The summed E-state index contributed by atoms with van der Waals surface area (Å²) in [4.78, 5) is 11.9. The highest BCUT2D eigenvalue weighted by Crippen LogP contribution is 2.48. The first-order valence-corrected chi connectivity index (χ1v) is 8.51. The molecule has 0 radical (unpaired) electrons. The van der Waals surface area contributed by atoms with Crippen LogP contribution < -0.4 is 5.32 Å². The molecule has 0 aromatic heterocycles. The van der Waals surface area contributed by atoms with Crippen molar-refractivity contribution in [3.8, 4) is 0 Å². The van der Waals surface area contributed by atoms with Gasteiger partial charge in [-0.1, -0.05) is 50.2 Å². The van der Waals surface area contributed by atoms with E-state index in [0.717, 1.165) is 29.7 Å². The molecule has 24 heavy (non-hydrogen) atoms. The van der Waals surface area contributed by atoms with Gasteiger partial charge in [0.2, 0.25) is 0 Å². The van der Waals surface area contributed by atoms with Gasteiger partial charge < -0.3 is 10.4 Å². The average Bonchev–Trinajstić information content (AvgIpc) is 2.54. The van der Waals surface area contributed by atoms with E-state index in [-0.39, 0.29) is 11.0 Å². The lowest BCUT2D eigenvalue weighted by molar-refractivity contribution is 0.0697. The standard InChI is InChI=1S/C21H25NO2/c1-5-14-11-16(19(23)24)18-17(12-14)21(4,13-20(2,3)22-18)15-9-7-6-8-10-15/h6-12,22H,5,13H2,1-4H3,(H,23,24). The van der Waals surface area contributed by atoms with Crippen LogP contribution in [0, 0.1) is 0 Å². The van der Waals surface area contributed by atoms with E-state index in [2.05, 4.69) is 63.3 Å². The van der Waals surface area contributed by atoms with Crippen molar-refractivity contribution in [2.75, 3.05) is 5.32 Å². The van der Waals surface area contributed by atoms with Gasteiger partial charge >= 0.3 is 5.97 Å². The second kappa shape index (κ2) is 5.66. The van der Waals surface area contributed by atoms with Crippen molar-refractivity contribution < 1.29 is 9.90 Å². The van der Waals surface area contributed by atoms with E-state index < -0.39 is 5.97 Å². The summed E-state index contributed by atoms with van der Waals surface area (Å²) < 4.78 is 0. The van der Waals surface area contributed by atoms with Crippen LogP contribution in [-0.2, 0) is 11.8 Å². The number of aryl methyl sites for hydroxylation is 1. The molecule has 3 heteroatoms. The van der Waals surface area contributed by atoms with Crippen molar-refractivity contribution in [1.29, 1.82) is 0 Å². The molecule has 1 aliphatic rings. The normalized spacial score (nSPS) is 21.7. The fourth-order valence-electron chi connectivity index (χ4n) is 4.07. The molecule has 1 aliphatic heterocycles. The molecule has 0 fully saturated rings. The molecule has 0 aliphatic carbocycles. The number of carboxylic acids is 1. The van der Waals surface area contributed by atoms with Crippen LogP contribution in [0.25, 0.3) is 0 Å². The Morgan fingerprint density at radius 3 is 2.42 bits per heavy atom. The number of carboxylic acid groups (broad SMARTS) is 1. The van der Waals surface area contributed by atoms with E-state index in [1.165, 1.54) is 5.56 Å². The maximum Gasteiger partial charge on any atom is 0.337 e. The van der Waals surface area contributed by atoms with Crippen molar-refractivity contribution in [2.45, 2.75) is 51.5 Å². The predicted molar refractivity (Wildman–Crippen MR) is 98.0 cm³/mol. The number of nitrogens with one attached hydrogen (secondary N) is 1. The van der Waals surface area contributed by atoms with E-state index in [4.69, 9.17) is 0 Å². The lowest BCUT2D eigenvalue weighted by atomic mass is 9.65. The van der Waals surface area contributed by atoms with Crippen molar-refractivity contribution in [1.82, 2.24) is 0 Å². The topological polar surface area (TPSA) is 49.3 Å². The zero-order valence-electron chi connectivity index (χ0n) is 14.8. The average molecular weight is 323 g/mol. The van der Waals surface area contributed by atoms with Gasteiger partial charge in [-0.3, -0.25) is 0 Å². The van der Waals surface area contributed by atoms with Crippen LogP contribution in [0.15, 0.2) is 42.5 Å². The number of rotatable bonds is 3. The van der Waals surface area contributed by atoms with Crippen LogP contribution in [0.3, 0.4) is 0 Å². The zero-order valence-corrected chi connectivity index (χ0v) is 14.8. The summed E-state index contributed by atoms with van der Waals surface area (Å²) in [7, 11) is 0. The summed E-state index contributed by atoms with van der Waals surface area (Å²) in [6, 6.07) is 14.4. The fraction of sp³-hybridized carbons (Fsp3) is 0.381. The summed E-state index contributed by atoms with van der Waals surface area (Å²) in [6.45, 7) is 8.56. The molecular weight excluding hydrogens is 298 g/mol. The molecule has 1 atom stereocenters. The summed E-state index contributed by atoms with van der Waals surface area (Å²) in [6.07, 6.45) is 1.73. The molecule has 3 nitrogen and oxygen atoms in total. The van der Waals surface area contributed by atoms with Crippen molar-refractivity contribution in [3.63, 3.8) is 0 Å². The molecule has 1 unspecified atom stereocenters. The second-order valence-electron chi connectivity index (χ2n) is 7.61. The molecule has 0 bridgehead atoms. The Kier molecular flexibility index (Phi) is 3.90. The van der Waals surface area contributed by atoms with Gasteiger partial charge in [0.15, 0.2) is 0 Å². The third kappa shape index (κ3) is 2.68. The molecule has 0 amide bonds. The van der Waals surface area contributed by atoms with Gasteiger partial charge in [0.25, 0.3) is 0 Å². The molecule has 126 valence electrons. The van der Waals surface area contributed by atoms with Crippen LogP contribution >= 0.6 is 0 Å². The molecule has 2 aromatic carbocycles. The highest BCUT2D eigenvalue weighted by atomic mass is 16.4. The monoisotopic (exact) mass is 323 g/mol. The maximum absolute atomic E-state index is 11.9. The molecule has 3 rings (SSSR count). The van der Waals surface area contributed by atoms with Crippen molar-refractivity contribution >= 4 is 11.7 Å². The number of anilines is 1. The molecular formula is C21H25NO2. The van der Waals surface area contributed by atoms with Crippen LogP contribution in [-0.4, -0.2) is 16.6 Å². The van der Waals surface area contributed by atoms with Gasteiger partial charge in [-0.2, -0.15) is 0 Å². The van der Waals surface area contributed by atoms with Gasteiger partial charge in [0, 0.05) is 11.0 Å². The highest BCUT2D eigenvalue weighted by molar-refractivity contribution is 5.96. The lowest BCUT2D eigenvalue weighted by Crippen LogP contribution is -2.45. The number of hydrogen-bond donors (Lipinski definition) is 2. The molecule has 2 N–H and O–H groups in total. The van der Waals surface area contributed by atoms with Gasteiger partial charge in [0.1, 0.15) is 0 Å². The third-order valence-electron chi connectivity index (χ3n) is 5.10. The van der Waals surface area contributed by atoms with E-state index in [9.17, 15) is 9.90 Å². The van der Waals surface area contributed by atoms with Crippen molar-refractivity contribution in [3.05, 3.63) is 64.7 Å². The van der Waals surface area contributed by atoms with E-state index in [1.54, 1.807) is 6.07 Å². The van der Waals surface area contributed by atoms with Crippen LogP contribution in [0.1, 0.15) is 61.2 Å². The van der Waals surface area contributed by atoms with E-state index in [0.29, 0.717) is 5.56 Å². The number of hydrogen-bond acceptors (Lipinski definition) is 2. The summed E-state index contributed by atoms with van der Waals surface area (Å²) >= 11 is 0. The number of fused-ring (bicyclic) bond motifs is 1. The zero-order chi connectivity index (χ0) is 17.5. The fourth-order valence-corrected chi connectivity index (χ4v) is 4.07. The van der Waals surface area contributed by atoms with Gasteiger partial charge in [-0.15, -0.1) is 0 Å². The highest BCUT2D eigenvalue weighted by Gasteiger charge is 2.43. The first kappa shape index (κ1) is 16.6. The minimum absolute atomic E-state index is 0.185. The Morgan fingerprint density at radius 1 is 1.17 bits per heavy atom. The SMILES string of the molecule is CCc1cc(C(=O)O)c2c(c1)C(C)(c1ccccc1)CC(C)(C)N2. The third-order valence-corrected chi connectivity index (χ3v) is 5.10. The van der Waals surface area contributed by atoms with E-state index >= 15 is 0 Å². The summed E-state index contributed by atoms with van der Waals surface area (Å²) in [5, 5.41) is 13.2. The Balaban J connectivity index is 2.32. The second-order valence-corrected chi connectivity index (χ2v) is 7.61. The minimum Gasteiger partial charge on any atom is -0.478 e. The van der Waals surface area contributed by atoms with Crippen LogP contribution in [0.5, 0.6) is 0 Å². The summed E-state index contributed by atoms with van der Waals surface area (Å²) in [5.74, 6) is -0.873. The quantitative estimate of drug-likeness (QED) is 0.849. The van der Waals surface area contributed by atoms with Gasteiger partial charge in [0.05, 0.1) is 11.3 Å². The number of carbonyl (C=O) groups is 1. The van der Waals surface area contributed by atoms with Crippen molar-refractivity contribution in [2.24, 2.45) is 0 Å². The Morgan fingerprint density at radius 2 is 1.83 bits per heavy atom. The largest absolute Gasteiger partial charge is 0.478 e. The van der Waals surface area contributed by atoms with Gasteiger partial charge in [-0.05, 0) is 49.4 Å². The molecule has 0 spiro atoms. The van der Waals surface area contributed by atoms with Gasteiger partial charge in [-0.25, -0.2) is 4.79 Å². The predicted octanol–water partition coefficient (Wildman–Crippen LogP) is 4.85. The molecule has 0 saturated heterocycles. The van der Waals surface area contributed by atoms with E-state index in [1.807, 2.05) is 6.07 Å². The minimum atomic E-state index is -0.873. The molecule has 0 saturated carbocycles. The number of aromatic carboxylic acids is 1. The molecule has 2 aromatic rings. The smallest absolute Gasteiger partial charge is 0.337 e. The Bertz CT molecular complexity index is 780. The lowest BCUT2D eigenvalue weighted by Gasteiger charge is -2.46.